The molecule has 2 rings (SSSR count). The lowest BCUT2D eigenvalue weighted by Gasteiger charge is -2.05. The lowest BCUT2D eigenvalue weighted by molar-refractivity contribution is 0.325. The van der Waals surface area contributed by atoms with Crippen molar-refractivity contribution in [2.75, 3.05) is 13.2 Å². The van der Waals surface area contributed by atoms with E-state index in [-0.39, 0.29) is 5.82 Å². The number of hydrogen-bond donors (Lipinski definition) is 1. The highest BCUT2D eigenvalue weighted by Gasteiger charge is 2.06. The second-order valence-corrected chi connectivity index (χ2v) is 3.36. The zero-order valence-electron chi connectivity index (χ0n) is 9.14. The summed E-state index contributed by atoms with van der Waals surface area (Å²) >= 11 is 0. The van der Waals surface area contributed by atoms with Gasteiger partial charge >= 0.3 is 0 Å². The predicted octanol–water partition coefficient (Wildman–Crippen LogP) is 1.62. The van der Waals surface area contributed by atoms with E-state index in [0.29, 0.717) is 30.3 Å². The standard InChI is InChI=1S/C12H12FN3O/c13-11-4-2-1-3-10(11)12-15-7-9(8-16-12)17-6-5-14/h1-4,7-8H,5-6,14H2. The Hall–Kier alpha value is -2.01. The molecule has 0 bridgehead atoms. The topological polar surface area (TPSA) is 61.0 Å². The summed E-state index contributed by atoms with van der Waals surface area (Å²) in [5.74, 6) is 0.516. The van der Waals surface area contributed by atoms with Crippen LogP contribution in [-0.4, -0.2) is 23.1 Å². The van der Waals surface area contributed by atoms with Gasteiger partial charge in [0.25, 0.3) is 0 Å². The number of aromatic nitrogens is 2. The van der Waals surface area contributed by atoms with Gasteiger partial charge in [-0.3, -0.25) is 0 Å². The molecule has 0 amide bonds. The minimum absolute atomic E-state index is 0.336. The number of rotatable bonds is 4. The third-order valence-corrected chi connectivity index (χ3v) is 2.13. The maximum atomic E-state index is 13.5. The average molecular weight is 233 g/mol. The first-order valence-corrected chi connectivity index (χ1v) is 5.21. The minimum atomic E-state index is -0.344. The molecule has 88 valence electrons. The minimum Gasteiger partial charge on any atom is -0.489 e. The van der Waals surface area contributed by atoms with Crippen molar-refractivity contribution in [1.29, 1.82) is 0 Å². The van der Waals surface area contributed by atoms with Crippen LogP contribution in [0.2, 0.25) is 0 Å². The molecule has 0 aliphatic heterocycles. The van der Waals surface area contributed by atoms with Crippen molar-refractivity contribution in [2.24, 2.45) is 5.73 Å². The normalized spacial score (nSPS) is 10.2. The van der Waals surface area contributed by atoms with E-state index in [0.717, 1.165) is 0 Å². The number of nitrogens with zero attached hydrogens (tertiary/aromatic N) is 2. The van der Waals surface area contributed by atoms with Crippen LogP contribution in [0.1, 0.15) is 0 Å². The van der Waals surface area contributed by atoms with Crippen molar-refractivity contribution in [1.82, 2.24) is 9.97 Å². The summed E-state index contributed by atoms with van der Waals surface area (Å²) in [5.41, 5.74) is 5.67. The van der Waals surface area contributed by atoms with Crippen molar-refractivity contribution < 1.29 is 9.13 Å². The first kappa shape index (κ1) is 11.5. The zero-order chi connectivity index (χ0) is 12.1. The molecule has 0 saturated carbocycles. The lowest BCUT2D eigenvalue weighted by atomic mass is 10.2. The second-order valence-electron chi connectivity index (χ2n) is 3.36. The molecule has 2 N–H and O–H groups in total. The van der Waals surface area contributed by atoms with Gasteiger partial charge in [-0.1, -0.05) is 12.1 Å². The van der Waals surface area contributed by atoms with Gasteiger partial charge in [-0.2, -0.15) is 0 Å². The molecule has 1 heterocycles. The van der Waals surface area contributed by atoms with Crippen molar-refractivity contribution in [2.45, 2.75) is 0 Å². The maximum Gasteiger partial charge on any atom is 0.162 e. The molecule has 4 nitrogen and oxygen atoms in total. The van der Waals surface area contributed by atoms with Gasteiger partial charge in [0.15, 0.2) is 11.6 Å². The smallest absolute Gasteiger partial charge is 0.162 e. The van der Waals surface area contributed by atoms with E-state index in [4.69, 9.17) is 10.5 Å². The third-order valence-electron chi connectivity index (χ3n) is 2.13. The van der Waals surface area contributed by atoms with E-state index in [1.807, 2.05) is 0 Å². The summed E-state index contributed by atoms with van der Waals surface area (Å²) in [6.45, 7) is 0.831. The summed E-state index contributed by atoms with van der Waals surface area (Å²) in [7, 11) is 0. The van der Waals surface area contributed by atoms with Crippen molar-refractivity contribution in [3.8, 4) is 17.1 Å². The molecule has 2 aromatic rings. The fourth-order valence-corrected chi connectivity index (χ4v) is 1.35. The van der Waals surface area contributed by atoms with Gasteiger partial charge in [0.2, 0.25) is 0 Å². The molecule has 0 spiro atoms. The van der Waals surface area contributed by atoms with Gasteiger partial charge in [-0.05, 0) is 12.1 Å². The molecule has 17 heavy (non-hydrogen) atoms. The summed E-state index contributed by atoms with van der Waals surface area (Å²) in [4.78, 5) is 8.09. The Morgan fingerprint density at radius 2 is 1.88 bits per heavy atom. The molecule has 0 fully saturated rings. The highest BCUT2D eigenvalue weighted by molar-refractivity contribution is 5.55. The van der Waals surface area contributed by atoms with Crippen molar-refractivity contribution >= 4 is 0 Å². The largest absolute Gasteiger partial charge is 0.489 e. The van der Waals surface area contributed by atoms with Crippen LogP contribution in [0.5, 0.6) is 5.75 Å². The SMILES string of the molecule is NCCOc1cnc(-c2ccccc2F)nc1. The zero-order valence-corrected chi connectivity index (χ0v) is 9.14. The van der Waals surface area contributed by atoms with E-state index in [9.17, 15) is 4.39 Å². The van der Waals surface area contributed by atoms with Crippen LogP contribution in [0.25, 0.3) is 11.4 Å². The molecule has 1 aromatic heterocycles. The molecule has 0 radical (unpaired) electrons. The first-order valence-electron chi connectivity index (χ1n) is 5.21. The first-order chi connectivity index (χ1) is 8.31. The Labute approximate surface area is 98.3 Å². The van der Waals surface area contributed by atoms with Gasteiger partial charge in [0.1, 0.15) is 12.4 Å². The van der Waals surface area contributed by atoms with Crippen molar-refractivity contribution in [3.63, 3.8) is 0 Å². The molecule has 0 aliphatic rings. The van der Waals surface area contributed by atoms with Gasteiger partial charge in [0.05, 0.1) is 18.0 Å². The Bertz CT molecular complexity index is 487. The van der Waals surface area contributed by atoms with E-state index in [1.54, 1.807) is 18.2 Å². The number of halogens is 1. The van der Waals surface area contributed by atoms with Crippen LogP contribution < -0.4 is 10.5 Å². The van der Waals surface area contributed by atoms with Crippen LogP contribution in [-0.2, 0) is 0 Å². The number of benzene rings is 1. The molecule has 0 unspecified atom stereocenters. The Balaban J connectivity index is 2.21. The molecule has 5 heteroatoms. The number of nitrogens with two attached hydrogens (primary N) is 1. The van der Waals surface area contributed by atoms with Crippen LogP contribution in [0.15, 0.2) is 36.7 Å². The van der Waals surface area contributed by atoms with Gasteiger partial charge in [-0.15, -0.1) is 0 Å². The summed E-state index contributed by atoms with van der Waals surface area (Å²) in [6.07, 6.45) is 3.01. The molecule has 0 aliphatic carbocycles. The summed E-state index contributed by atoms with van der Waals surface area (Å²) in [6, 6.07) is 6.36. The van der Waals surface area contributed by atoms with E-state index in [2.05, 4.69) is 9.97 Å². The highest BCUT2D eigenvalue weighted by atomic mass is 19.1. The second kappa shape index (κ2) is 5.36. The lowest BCUT2D eigenvalue weighted by Crippen LogP contribution is -2.10. The van der Waals surface area contributed by atoms with Gasteiger partial charge < -0.3 is 10.5 Å². The Morgan fingerprint density at radius 3 is 2.53 bits per heavy atom. The van der Waals surface area contributed by atoms with Gasteiger partial charge in [0, 0.05) is 6.54 Å². The fourth-order valence-electron chi connectivity index (χ4n) is 1.35. The highest BCUT2D eigenvalue weighted by Crippen LogP contribution is 2.19. The predicted molar refractivity (Wildman–Crippen MR) is 62.0 cm³/mol. The van der Waals surface area contributed by atoms with E-state index < -0.39 is 0 Å². The molecule has 0 saturated heterocycles. The van der Waals surface area contributed by atoms with E-state index in [1.165, 1.54) is 18.5 Å². The monoisotopic (exact) mass is 233 g/mol. The Morgan fingerprint density at radius 1 is 1.18 bits per heavy atom. The number of hydrogen-bond acceptors (Lipinski definition) is 4. The Kier molecular flexibility index (Phi) is 3.62. The van der Waals surface area contributed by atoms with Crippen LogP contribution in [0.3, 0.4) is 0 Å². The molecular formula is C12H12FN3O. The van der Waals surface area contributed by atoms with E-state index >= 15 is 0 Å². The summed E-state index contributed by atoms with van der Waals surface area (Å²) in [5, 5.41) is 0. The van der Waals surface area contributed by atoms with Crippen LogP contribution in [0.4, 0.5) is 4.39 Å². The average Bonchev–Trinajstić information content (AvgIpc) is 2.38. The van der Waals surface area contributed by atoms with Gasteiger partial charge in [-0.25, -0.2) is 14.4 Å². The maximum absolute atomic E-state index is 13.5. The molecule has 1 aromatic carbocycles. The number of ether oxygens (including phenoxy) is 1. The van der Waals surface area contributed by atoms with Crippen molar-refractivity contribution in [3.05, 3.63) is 42.5 Å². The van der Waals surface area contributed by atoms with Crippen LogP contribution in [0, 0.1) is 5.82 Å². The molecular weight excluding hydrogens is 221 g/mol. The van der Waals surface area contributed by atoms with Crippen LogP contribution >= 0.6 is 0 Å². The quantitative estimate of drug-likeness (QED) is 0.871. The summed E-state index contributed by atoms with van der Waals surface area (Å²) < 4.78 is 18.7. The fraction of sp³-hybridized carbons (Fsp3) is 0.167. The third kappa shape index (κ3) is 2.76. The molecule has 0 atom stereocenters.